The maximum atomic E-state index is 12.7. The van der Waals surface area contributed by atoms with Crippen LogP contribution in [-0.2, 0) is 17.9 Å². The highest BCUT2D eigenvalue weighted by atomic mass is 16.7. The minimum Gasteiger partial charge on any atom is -0.454 e. The van der Waals surface area contributed by atoms with Crippen molar-refractivity contribution >= 4 is 11.6 Å². The molecule has 0 radical (unpaired) electrons. The standard InChI is InChI=1S/C24H24N2O3/c1-18-7-10-21(11-8-18)26(15-19-5-3-2-4-6-19)16-24(27)25-14-20-9-12-22-23(13-20)29-17-28-22/h2-13H,14-17H2,1H3,(H,25,27). The molecule has 0 unspecified atom stereocenters. The van der Waals surface area contributed by atoms with Gasteiger partial charge in [0.15, 0.2) is 11.5 Å². The third-order valence-corrected chi connectivity index (χ3v) is 4.88. The number of hydrogen-bond donors (Lipinski definition) is 1. The molecule has 0 saturated heterocycles. The lowest BCUT2D eigenvalue weighted by Gasteiger charge is -2.24. The van der Waals surface area contributed by atoms with Crippen molar-refractivity contribution in [2.24, 2.45) is 0 Å². The van der Waals surface area contributed by atoms with Crippen LogP contribution in [0.2, 0.25) is 0 Å². The number of rotatable bonds is 7. The third kappa shape index (κ3) is 4.88. The molecule has 148 valence electrons. The highest BCUT2D eigenvalue weighted by Crippen LogP contribution is 2.32. The molecule has 3 aromatic rings. The smallest absolute Gasteiger partial charge is 0.239 e. The highest BCUT2D eigenvalue weighted by molar-refractivity contribution is 5.81. The van der Waals surface area contributed by atoms with Gasteiger partial charge in [-0.25, -0.2) is 0 Å². The Balaban J connectivity index is 1.42. The number of carbonyl (C=O) groups excluding carboxylic acids is 1. The first-order chi connectivity index (χ1) is 14.2. The van der Waals surface area contributed by atoms with E-state index in [-0.39, 0.29) is 19.2 Å². The van der Waals surface area contributed by atoms with Gasteiger partial charge in [-0.3, -0.25) is 4.79 Å². The van der Waals surface area contributed by atoms with Gasteiger partial charge in [-0.05, 0) is 42.3 Å². The second-order valence-electron chi connectivity index (χ2n) is 7.14. The van der Waals surface area contributed by atoms with E-state index in [1.54, 1.807) is 0 Å². The Morgan fingerprint density at radius 1 is 0.931 bits per heavy atom. The molecule has 0 spiro atoms. The van der Waals surface area contributed by atoms with Crippen molar-refractivity contribution in [1.82, 2.24) is 5.32 Å². The molecule has 1 amide bonds. The Morgan fingerprint density at radius 3 is 2.48 bits per heavy atom. The van der Waals surface area contributed by atoms with Crippen LogP contribution in [0.4, 0.5) is 5.69 Å². The van der Waals surface area contributed by atoms with Crippen molar-refractivity contribution in [1.29, 1.82) is 0 Å². The average Bonchev–Trinajstić information content (AvgIpc) is 3.21. The van der Waals surface area contributed by atoms with Crippen molar-refractivity contribution in [2.45, 2.75) is 20.0 Å². The normalized spacial score (nSPS) is 11.9. The number of fused-ring (bicyclic) bond motifs is 1. The van der Waals surface area contributed by atoms with Crippen LogP contribution in [0.25, 0.3) is 0 Å². The van der Waals surface area contributed by atoms with E-state index in [0.29, 0.717) is 13.1 Å². The van der Waals surface area contributed by atoms with Gasteiger partial charge in [0.1, 0.15) is 0 Å². The summed E-state index contributed by atoms with van der Waals surface area (Å²) in [5, 5.41) is 3.01. The van der Waals surface area contributed by atoms with Crippen molar-refractivity contribution in [3.63, 3.8) is 0 Å². The number of benzene rings is 3. The lowest BCUT2D eigenvalue weighted by molar-refractivity contribution is -0.119. The molecule has 0 aliphatic carbocycles. The van der Waals surface area contributed by atoms with Gasteiger partial charge in [0.05, 0.1) is 6.54 Å². The van der Waals surface area contributed by atoms with Crippen LogP contribution in [0.3, 0.4) is 0 Å². The van der Waals surface area contributed by atoms with E-state index in [1.807, 2.05) is 36.4 Å². The van der Waals surface area contributed by atoms with Gasteiger partial charge >= 0.3 is 0 Å². The Labute approximate surface area is 170 Å². The van der Waals surface area contributed by atoms with Crippen LogP contribution in [0, 0.1) is 6.92 Å². The number of anilines is 1. The lowest BCUT2D eigenvalue weighted by Crippen LogP contribution is -2.36. The van der Waals surface area contributed by atoms with Crippen LogP contribution in [-0.4, -0.2) is 19.2 Å². The molecule has 0 atom stereocenters. The lowest BCUT2D eigenvalue weighted by atomic mass is 10.1. The molecule has 0 saturated carbocycles. The number of hydrogen-bond acceptors (Lipinski definition) is 4. The van der Waals surface area contributed by atoms with E-state index in [9.17, 15) is 4.79 Å². The Kier molecular flexibility index (Phi) is 5.66. The van der Waals surface area contributed by atoms with E-state index in [0.717, 1.165) is 28.3 Å². The molecule has 0 bridgehead atoms. The number of ether oxygens (including phenoxy) is 2. The van der Waals surface area contributed by atoms with E-state index in [1.165, 1.54) is 5.56 Å². The quantitative estimate of drug-likeness (QED) is 0.664. The minimum atomic E-state index is -0.0285. The van der Waals surface area contributed by atoms with Gasteiger partial charge in [-0.2, -0.15) is 0 Å². The topological polar surface area (TPSA) is 50.8 Å². The van der Waals surface area contributed by atoms with Crippen LogP contribution in [0.5, 0.6) is 11.5 Å². The summed E-state index contributed by atoms with van der Waals surface area (Å²) in [6.07, 6.45) is 0. The first-order valence-corrected chi connectivity index (χ1v) is 9.68. The molecule has 5 heteroatoms. The maximum Gasteiger partial charge on any atom is 0.239 e. The summed E-state index contributed by atoms with van der Waals surface area (Å²) in [7, 11) is 0. The monoisotopic (exact) mass is 388 g/mol. The average molecular weight is 388 g/mol. The zero-order valence-corrected chi connectivity index (χ0v) is 16.4. The Morgan fingerprint density at radius 2 is 1.69 bits per heavy atom. The molecule has 3 aromatic carbocycles. The van der Waals surface area contributed by atoms with Crippen LogP contribution < -0.4 is 19.7 Å². The number of nitrogens with one attached hydrogen (secondary N) is 1. The number of nitrogens with zero attached hydrogens (tertiary/aromatic N) is 1. The zero-order chi connectivity index (χ0) is 20.1. The van der Waals surface area contributed by atoms with E-state index in [4.69, 9.17) is 9.47 Å². The van der Waals surface area contributed by atoms with Crippen LogP contribution in [0.1, 0.15) is 16.7 Å². The fourth-order valence-electron chi connectivity index (χ4n) is 3.28. The first-order valence-electron chi connectivity index (χ1n) is 9.68. The maximum absolute atomic E-state index is 12.7. The molecular weight excluding hydrogens is 364 g/mol. The van der Waals surface area contributed by atoms with Gasteiger partial charge < -0.3 is 19.7 Å². The molecule has 29 heavy (non-hydrogen) atoms. The molecule has 4 rings (SSSR count). The SMILES string of the molecule is Cc1ccc(N(CC(=O)NCc2ccc3c(c2)OCO3)Cc2ccccc2)cc1. The van der Waals surface area contributed by atoms with Crippen molar-refractivity contribution < 1.29 is 14.3 Å². The molecule has 1 aliphatic rings. The largest absolute Gasteiger partial charge is 0.454 e. The Bertz CT molecular complexity index is 971. The first kappa shape index (κ1) is 18.9. The molecular formula is C24H24N2O3. The number of carbonyl (C=O) groups is 1. The van der Waals surface area contributed by atoms with Crippen molar-refractivity contribution in [2.75, 3.05) is 18.2 Å². The molecule has 1 heterocycles. The van der Waals surface area contributed by atoms with Crippen molar-refractivity contribution in [3.8, 4) is 11.5 Å². The summed E-state index contributed by atoms with van der Waals surface area (Å²) in [5.41, 5.74) is 4.36. The molecule has 0 aromatic heterocycles. The predicted molar refractivity (Wildman–Crippen MR) is 113 cm³/mol. The van der Waals surface area contributed by atoms with Crippen molar-refractivity contribution in [3.05, 3.63) is 89.5 Å². The fourth-order valence-corrected chi connectivity index (χ4v) is 3.28. The highest BCUT2D eigenvalue weighted by Gasteiger charge is 2.15. The van der Waals surface area contributed by atoms with Gasteiger partial charge in [0.25, 0.3) is 0 Å². The van der Waals surface area contributed by atoms with Gasteiger partial charge in [-0.15, -0.1) is 0 Å². The van der Waals surface area contributed by atoms with E-state index in [2.05, 4.69) is 53.5 Å². The second-order valence-corrected chi connectivity index (χ2v) is 7.14. The van der Waals surface area contributed by atoms with Crippen LogP contribution in [0.15, 0.2) is 72.8 Å². The van der Waals surface area contributed by atoms with Gasteiger partial charge in [-0.1, -0.05) is 54.1 Å². The van der Waals surface area contributed by atoms with E-state index >= 15 is 0 Å². The zero-order valence-electron chi connectivity index (χ0n) is 16.4. The summed E-state index contributed by atoms with van der Waals surface area (Å²) in [6.45, 7) is 3.70. The fraction of sp³-hybridized carbons (Fsp3) is 0.208. The molecule has 1 aliphatic heterocycles. The molecule has 1 N–H and O–H groups in total. The third-order valence-electron chi connectivity index (χ3n) is 4.88. The number of amides is 1. The summed E-state index contributed by atoms with van der Waals surface area (Å²) in [4.78, 5) is 14.8. The number of aryl methyl sites for hydroxylation is 1. The predicted octanol–water partition coefficient (Wildman–Crippen LogP) is 4.05. The van der Waals surface area contributed by atoms with E-state index < -0.39 is 0 Å². The molecule has 0 fully saturated rings. The van der Waals surface area contributed by atoms with Gasteiger partial charge in [0, 0.05) is 18.8 Å². The van der Waals surface area contributed by atoms with Crippen LogP contribution >= 0.6 is 0 Å². The minimum absolute atomic E-state index is 0.0285. The van der Waals surface area contributed by atoms with Gasteiger partial charge in [0.2, 0.25) is 12.7 Å². The summed E-state index contributed by atoms with van der Waals surface area (Å²) in [5.74, 6) is 1.44. The summed E-state index contributed by atoms with van der Waals surface area (Å²) in [6, 6.07) is 24.2. The summed E-state index contributed by atoms with van der Waals surface area (Å²) < 4.78 is 10.7. The second kappa shape index (κ2) is 8.69. The Hall–Kier alpha value is -3.47. The summed E-state index contributed by atoms with van der Waals surface area (Å²) >= 11 is 0. The molecule has 5 nitrogen and oxygen atoms in total.